The first kappa shape index (κ1) is 22.0. The number of halogens is 1. The van der Waals surface area contributed by atoms with Crippen LogP contribution in [0.25, 0.3) is 16.6 Å². The van der Waals surface area contributed by atoms with E-state index in [1.807, 2.05) is 52.8 Å². The van der Waals surface area contributed by atoms with E-state index in [1.54, 1.807) is 28.9 Å². The number of hydrogen-bond acceptors (Lipinski definition) is 4. The Kier molecular flexibility index (Phi) is 5.50. The molecule has 2 heterocycles. The second-order valence-electron chi connectivity index (χ2n) is 8.79. The van der Waals surface area contributed by atoms with Crippen molar-refractivity contribution in [2.24, 2.45) is 0 Å². The van der Waals surface area contributed by atoms with Crippen LogP contribution in [0.5, 0.6) is 0 Å². The highest BCUT2D eigenvalue weighted by Crippen LogP contribution is 2.22. The van der Waals surface area contributed by atoms with Gasteiger partial charge in [-0.2, -0.15) is 5.10 Å². The fraction of sp³-hybridized carbons (Fsp3) is 0.250. The maximum absolute atomic E-state index is 13.1. The van der Waals surface area contributed by atoms with Gasteiger partial charge >= 0.3 is 0 Å². The van der Waals surface area contributed by atoms with Gasteiger partial charge in [0.1, 0.15) is 12.0 Å². The molecule has 32 heavy (non-hydrogen) atoms. The number of benzene rings is 2. The van der Waals surface area contributed by atoms with E-state index in [2.05, 4.69) is 31.3 Å². The Morgan fingerprint density at radius 2 is 1.81 bits per heavy atom. The number of hydrogen-bond donors (Lipinski definition) is 1. The number of carbonyl (C=O) groups excluding carboxylic acids is 1. The summed E-state index contributed by atoms with van der Waals surface area (Å²) in [5.74, 6) is -0.261. The van der Waals surface area contributed by atoms with Crippen LogP contribution >= 0.6 is 15.9 Å². The molecule has 0 fully saturated rings. The molecule has 1 N–H and O–H groups in total. The van der Waals surface area contributed by atoms with Gasteiger partial charge in [-0.1, -0.05) is 22.0 Å². The summed E-state index contributed by atoms with van der Waals surface area (Å²) < 4.78 is 4.04. The molecule has 1 amide bonds. The molecule has 0 aliphatic rings. The van der Waals surface area contributed by atoms with E-state index in [9.17, 15) is 9.59 Å². The number of carbonyl (C=O) groups is 1. The highest BCUT2D eigenvalue weighted by molar-refractivity contribution is 9.10. The van der Waals surface area contributed by atoms with Crippen LogP contribution in [0.15, 0.2) is 58.1 Å². The normalized spacial score (nSPS) is 11.7. The highest BCUT2D eigenvalue weighted by Gasteiger charge is 2.23. The molecule has 8 heteroatoms. The lowest BCUT2D eigenvalue weighted by atomic mass is 10.1. The molecule has 4 rings (SSSR count). The van der Waals surface area contributed by atoms with Gasteiger partial charge in [-0.25, -0.2) is 4.98 Å². The first-order valence-corrected chi connectivity index (χ1v) is 11.0. The van der Waals surface area contributed by atoms with Crippen molar-refractivity contribution in [3.05, 3.63) is 80.6 Å². The average Bonchev–Trinajstić information content (AvgIpc) is 3.13. The maximum Gasteiger partial charge on any atom is 0.273 e. The smallest absolute Gasteiger partial charge is 0.273 e. The standard InChI is InChI=1S/C24H24BrN5O2/c1-14-6-8-17(27-22(31)21-10-15(2)28-30(21)24(3,4)5)12-20(14)29-13-26-19-9-7-16(25)11-18(19)23(29)32/h6-13H,1-5H3,(H,27,31). The summed E-state index contributed by atoms with van der Waals surface area (Å²) in [5, 5.41) is 7.93. The minimum Gasteiger partial charge on any atom is -0.321 e. The fourth-order valence-electron chi connectivity index (χ4n) is 3.58. The number of nitrogens with one attached hydrogen (secondary N) is 1. The second-order valence-corrected chi connectivity index (χ2v) is 9.71. The summed E-state index contributed by atoms with van der Waals surface area (Å²) in [6.07, 6.45) is 1.52. The van der Waals surface area contributed by atoms with Crippen LogP contribution < -0.4 is 10.9 Å². The number of anilines is 1. The first-order valence-electron chi connectivity index (χ1n) is 10.2. The molecule has 2 aromatic carbocycles. The Hall–Kier alpha value is -3.26. The molecule has 0 atom stereocenters. The van der Waals surface area contributed by atoms with Crippen LogP contribution in [0, 0.1) is 13.8 Å². The number of aromatic nitrogens is 4. The molecule has 2 aromatic heterocycles. The van der Waals surface area contributed by atoms with E-state index in [4.69, 9.17) is 0 Å². The van der Waals surface area contributed by atoms with Crippen molar-refractivity contribution in [1.82, 2.24) is 19.3 Å². The minimum atomic E-state index is -0.336. The summed E-state index contributed by atoms with van der Waals surface area (Å²) >= 11 is 3.41. The van der Waals surface area contributed by atoms with Gasteiger partial charge in [-0.05, 0) is 76.6 Å². The van der Waals surface area contributed by atoms with E-state index >= 15 is 0 Å². The molecule has 0 unspecified atom stereocenters. The summed E-state index contributed by atoms with van der Waals surface area (Å²) in [4.78, 5) is 30.6. The predicted octanol–water partition coefficient (Wildman–Crippen LogP) is 4.97. The predicted molar refractivity (Wildman–Crippen MR) is 130 cm³/mol. The van der Waals surface area contributed by atoms with E-state index in [0.717, 1.165) is 15.7 Å². The van der Waals surface area contributed by atoms with Crippen LogP contribution in [0.4, 0.5) is 5.69 Å². The summed E-state index contributed by atoms with van der Waals surface area (Å²) in [7, 11) is 0. The van der Waals surface area contributed by atoms with E-state index in [-0.39, 0.29) is 17.0 Å². The van der Waals surface area contributed by atoms with E-state index < -0.39 is 0 Å². The zero-order valence-corrected chi connectivity index (χ0v) is 20.2. The Morgan fingerprint density at radius 3 is 2.53 bits per heavy atom. The Balaban J connectivity index is 1.74. The van der Waals surface area contributed by atoms with Crippen molar-refractivity contribution in [2.45, 2.75) is 40.2 Å². The minimum absolute atomic E-state index is 0.177. The van der Waals surface area contributed by atoms with Gasteiger partial charge in [0.05, 0.1) is 27.8 Å². The molecule has 0 saturated carbocycles. The maximum atomic E-state index is 13.1. The molecule has 7 nitrogen and oxygen atoms in total. The van der Waals surface area contributed by atoms with Crippen molar-refractivity contribution in [3.63, 3.8) is 0 Å². The third-order valence-corrected chi connectivity index (χ3v) is 5.64. The summed E-state index contributed by atoms with van der Waals surface area (Å²) in [5.41, 5.74) is 3.49. The molecule has 0 radical (unpaired) electrons. The molecule has 4 aromatic rings. The third kappa shape index (κ3) is 4.10. The van der Waals surface area contributed by atoms with Gasteiger partial charge in [-0.3, -0.25) is 18.8 Å². The monoisotopic (exact) mass is 493 g/mol. The first-order chi connectivity index (χ1) is 15.0. The van der Waals surface area contributed by atoms with Crippen molar-refractivity contribution >= 4 is 38.4 Å². The molecule has 0 aliphatic carbocycles. The lowest BCUT2D eigenvalue weighted by Gasteiger charge is -2.22. The van der Waals surface area contributed by atoms with Gasteiger partial charge in [-0.15, -0.1) is 0 Å². The van der Waals surface area contributed by atoms with E-state index in [0.29, 0.717) is 28.0 Å². The highest BCUT2D eigenvalue weighted by atomic mass is 79.9. The van der Waals surface area contributed by atoms with Crippen molar-refractivity contribution in [2.75, 3.05) is 5.32 Å². The lowest BCUT2D eigenvalue weighted by molar-refractivity contribution is 0.100. The quantitative estimate of drug-likeness (QED) is 0.436. The van der Waals surface area contributed by atoms with Crippen LogP contribution in [0.2, 0.25) is 0 Å². The summed E-state index contributed by atoms with van der Waals surface area (Å²) in [6, 6.07) is 12.7. The fourth-order valence-corrected chi connectivity index (χ4v) is 3.94. The Bertz CT molecular complexity index is 1410. The van der Waals surface area contributed by atoms with Crippen LogP contribution in [-0.2, 0) is 5.54 Å². The van der Waals surface area contributed by atoms with Crippen LogP contribution in [-0.4, -0.2) is 25.2 Å². The average molecular weight is 494 g/mol. The molecular formula is C24H24BrN5O2. The van der Waals surface area contributed by atoms with Gasteiger partial charge in [0.25, 0.3) is 11.5 Å². The molecule has 0 bridgehead atoms. The second kappa shape index (κ2) is 8.02. The molecule has 0 aliphatic heterocycles. The molecule has 164 valence electrons. The molecule has 0 saturated heterocycles. The number of rotatable bonds is 3. The zero-order valence-electron chi connectivity index (χ0n) is 18.6. The number of amides is 1. The Morgan fingerprint density at radius 1 is 1.06 bits per heavy atom. The molecular weight excluding hydrogens is 470 g/mol. The van der Waals surface area contributed by atoms with Crippen molar-refractivity contribution in [3.8, 4) is 5.69 Å². The van der Waals surface area contributed by atoms with Gasteiger partial charge in [0.15, 0.2) is 0 Å². The van der Waals surface area contributed by atoms with E-state index in [1.165, 1.54) is 10.9 Å². The van der Waals surface area contributed by atoms with Crippen molar-refractivity contribution < 1.29 is 4.79 Å². The van der Waals surface area contributed by atoms with Gasteiger partial charge < -0.3 is 5.32 Å². The zero-order chi connectivity index (χ0) is 23.2. The summed E-state index contributed by atoms with van der Waals surface area (Å²) in [6.45, 7) is 9.77. The Labute approximate surface area is 194 Å². The van der Waals surface area contributed by atoms with Gasteiger partial charge in [0.2, 0.25) is 0 Å². The van der Waals surface area contributed by atoms with Crippen LogP contribution in [0.3, 0.4) is 0 Å². The number of fused-ring (bicyclic) bond motifs is 1. The molecule has 0 spiro atoms. The SMILES string of the molecule is Cc1cc(C(=O)Nc2ccc(C)c(-n3cnc4ccc(Br)cc4c3=O)c2)n(C(C)(C)C)n1. The lowest BCUT2D eigenvalue weighted by Crippen LogP contribution is -2.29. The largest absolute Gasteiger partial charge is 0.321 e. The topological polar surface area (TPSA) is 81.8 Å². The number of nitrogens with zero attached hydrogens (tertiary/aromatic N) is 4. The number of aryl methyl sites for hydroxylation is 2. The van der Waals surface area contributed by atoms with Gasteiger partial charge in [0, 0.05) is 10.2 Å². The third-order valence-electron chi connectivity index (χ3n) is 5.15. The van der Waals surface area contributed by atoms with Crippen LogP contribution in [0.1, 0.15) is 42.5 Å². The van der Waals surface area contributed by atoms with Crippen molar-refractivity contribution in [1.29, 1.82) is 0 Å².